The fourth-order valence-electron chi connectivity index (χ4n) is 3.08. The van der Waals surface area contributed by atoms with Crippen LogP contribution in [0.3, 0.4) is 0 Å². The lowest BCUT2D eigenvalue weighted by atomic mass is 9.96. The van der Waals surface area contributed by atoms with Gasteiger partial charge in [0, 0.05) is 13.0 Å². The van der Waals surface area contributed by atoms with Crippen molar-refractivity contribution >= 4 is 11.0 Å². The first-order valence-electron chi connectivity index (χ1n) is 8.35. The van der Waals surface area contributed by atoms with Gasteiger partial charge in [0.15, 0.2) is 0 Å². The zero-order valence-electron chi connectivity index (χ0n) is 13.7. The smallest absolute Gasteiger partial charge is 0.109 e. The van der Waals surface area contributed by atoms with Crippen LogP contribution in [0.15, 0.2) is 18.2 Å². The molecule has 1 atom stereocenters. The Kier molecular flexibility index (Phi) is 5.80. The van der Waals surface area contributed by atoms with Gasteiger partial charge in [-0.25, -0.2) is 4.98 Å². The Morgan fingerprint density at radius 1 is 1.24 bits per heavy atom. The minimum atomic E-state index is 0.728. The summed E-state index contributed by atoms with van der Waals surface area (Å²) in [5, 5.41) is 0. The van der Waals surface area contributed by atoms with Gasteiger partial charge in [-0.05, 0) is 56.3 Å². The van der Waals surface area contributed by atoms with Crippen molar-refractivity contribution in [1.82, 2.24) is 9.55 Å². The standard InChI is InChI=1S/C18H29N3/c1-4-12-21-17-8-6-14(3)13-16(17)20-18(21)9-7-15(5-2)10-11-19/h6,8,13,15H,4-5,7,9-12,19H2,1-3H3. The van der Waals surface area contributed by atoms with Gasteiger partial charge in [0.25, 0.3) is 0 Å². The number of hydrogen-bond donors (Lipinski definition) is 1. The molecule has 0 aliphatic heterocycles. The van der Waals surface area contributed by atoms with E-state index in [0.29, 0.717) is 0 Å². The fourth-order valence-corrected chi connectivity index (χ4v) is 3.08. The van der Waals surface area contributed by atoms with Gasteiger partial charge >= 0.3 is 0 Å². The molecule has 0 aliphatic carbocycles. The molecule has 0 spiro atoms. The Bertz CT molecular complexity index is 571. The van der Waals surface area contributed by atoms with Crippen LogP contribution in [0, 0.1) is 12.8 Å². The van der Waals surface area contributed by atoms with Crippen molar-refractivity contribution < 1.29 is 0 Å². The summed E-state index contributed by atoms with van der Waals surface area (Å²) < 4.78 is 2.41. The van der Waals surface area contributed by atoms with Crippen molar-refractivity contribution in [2.24, 2.45) is 11.7 Å². The van der Waals surface area contributed by atoms with Gasteiger partial charge in [0.2, 0.25) is 0 Å². The molecular formula is C18H29N3. The van der Waals surface area contributed by atoms with Crippen LogP contribution in [-0.2, 0) is 13.0 Å². The first-order chi connectivity index (χ1) is 10.2. The molecular weight excluding hydrogens is 258 g/mol. The van der Waals surface area contributed by atoms with Crippen molar-refractivity contribution in [2.75, 3.05) is 6.54 Å². The van der Waals surface area contributed by atoms with Crippen LogP contribution in [0.4, 0.5) is 0 Å². The summed E-state index contributed by atoms with van der Waals surface area (Å²) in [5.74, 6) is 1.97. The summed E-state index contributed by atoms with van der Waals surface area (Å²) in [5.41, 5.74) is 9.42. The van der Waals surface area contributed by atoms with E-state index in [2.05, 4.69) is 43.5 Å². The van der Waals surface area contributed by atoms with Crippen molar-refractivity contribution in [3.8, 4) is 0 Å². The fraction of sp³-hybridized carbons (Fsp3) is 0.611. The van der Waals surface area contributed by atoms with Gasteiger partial charge in [0.05, 0.1) is 11.0 Å². The molecule has 0 radical (unpaired) electrons. The molecule has 0 fully saturated rings. The molecule has 3 heteroatoms. The van der Waals surface area contributed by atoms with Crippen LogP contribution < -0.4 is 5.73 Å². The predicted molar refractivity (Wildman–Crippen MR) is 90.5 cm³/mol. The van der Waals surface area contributed by atoms with E-state index >= 15 is 0 Å². The van der Waals surface area contributed by atoms with E-state index in [9.17, 15) is 0 Å². The number of aryl methyl sites for hydroxylation is 3. The highest BCUT2D eigenvalue weighted by molar-refractivity contribution is 5.76. The number of imidazole rings is 1. The second kappa shape index (κ2) is 7.60. The van der Waals surface area contributed by atoms with E-state index in [1.165, 1.54) is 29.7 Å². The highest BCUT2D eigenvalue weighted by Crippen LogP contribution is 2.22. The van der Waals surface area contributed by atoms with E-state index in [4.69, 9.17) is 10.7 Å². The number of rotatable bonds is 8. The van der Waals surface area contributed by atoms with E-state index < -0.39 is 0 Å². The van der Waals surface area contributed by atoms with E-state index in [-0.39, 0.29) is 0 Å². The van der Waals surface area contributed by atoms with Crippen molar-refractivity contribution in [2.45, 2.75) is 59.4 Å². The summed E-state index contributed by atoms with van der Waals surface area (Å²) in [4.78, 5) is 4.89. The Morgan fingerprint density at radius 2 is 2.05 bits per heavy atom. The molecule has 0 saturated heterocycles. The second-order valence-corrected chi connectivity index (χ2v) is 6.06. The lowest BCUT2D eigenvalue weighted by Gasteiger charge is -2.14. The lowest BCUT2D eigenvalue weighted by Crippen LogP contribution is -2.11. The number of nitrogens with zero attached hydrogens (tertiary/aromatic N) is 2. The van der Waals surface area contributed by atoms with Crippen LogP contribution in [0.5, 0.6) is 0 Å². The van der Waals surface area contributed by atoms with Crippen LogP contribution >= 0.6 is 0 Å². The summed E-state index contributed by atoms with van der Waals surface area (Å²) in [6.07, 6.45) is 5.74. The number of hydrogen-bond acceptors (Lipinski definition) is 2. The van der Waals surface area contributed by atoms with Crippen LogP contribution in [-0.4, -0.2) is 16.1 Å². The molecule has 0 amide bonds. The van der Waals surface area contributed by atoms with E-state index in [0.717, 1.165) is 43.8 Å². The van der Waals surface area contributed by atoms with Crippen LogP contribution in [0.1, 0.15) is 50.9 Å². The molecule has 2 aromatic rings. The lowest BCUT2D eigenvalue weighted by molar-refractivity contribution is 0.435. The molecule has 2 rings (SSSR count). The molecule has 0 saturated carbocycles. The maximum Gasteiger partial charge on any atom is 0.109 e. The van der Waals surface area contributed by atoms with E-state index in [1.54, 1.807) is 0 Å². The molecule has 0 bridgehead atoms. The third-order valence-electron chi connectivity index (χ3n) is 4.36. The molecule has 116 valence electrons. The first kappa shape index (κ1) is 16.0. The number of benzene rings is 1. The summed E-state index contributed by atoms with van der Waals surface area (Å²) >= 11 is 0. The number of fused-ring (bicyclic) bond motifs is 1. The van der Waals surface area contributed by atoms with Gasteiger partial charge in [-0.1, -0.05) is 26.3 Å². The monoisotopic (exact) mass is 287 g/mol. The van der Waals surface area contributed by atoms with Crippen molar-refractivity contribution in [1.29, 1.82) is 0 Å². The molecule has 1 unspecified atom stereocenters. The predicted octanol–water partition coefficient (Wildman–Crippen LogP) is 4.06. The first-order valence-corrected chi connectivity index (χ1v) is 8.35. The molecule has 2 N–H and O–H groups in total. The van der Waals surface area contributed by atoms with Gasteiger partial charge in [-0.15, -0.1) is 0 Å². The SMILES string of the molecule is CCCn1c(CCC(CC)CCN)nc2cc(C)ccc21. The molecule has 3 nitrogen and oxygen atoms in total. The Labute approximate surface area is 128 Å². The summed E-state index contributed by atoms with van der Waals surface area (Å²) in [7, 11) is 0. The van der Waals surface area contributed by atoms with Crippen LogP contribution in [0.25, 0.3) is 11.0 Å². The normalized spacial score (nSPS) is 13.0. The summed E-state index contributed by atoms with van der Waals surface area (Å²) in [6.45, 7) is 8.48. The highest BCUT2D eigenvalue weighted by Gasteiger charge is 2.12. The second-order valence-electron chi connectivity index (χ2n) is 6.06. The Hall–Kier alpha value is -1.35. The molecule has 1 aromatic heterocycles. The average molecular weight is 287 g/mol. The molecule has 0 aliphatic rings. The van der Waals surface area contributed by atoms with Crippen LogP contribution in [0.2, 0.25) is 0 Å². The summed E-state index contributed by atoms with van der Waals surface area (Å²) in [6, 6.07) is 6.60. The third kappa shape index (κ3) is 3.85. The van der Waals surface area contributed by atoms with Crippen molar-refractivity contribution in [3.05, 3.63) is 29.6 Å². The Balaban J connectivity index is 2.23. The van der Waals surface area contributed by atoms with Gasteiger partial charge in [-0.3, -0.25) is 0 Å². The van der Waals surface area contributed by atoms with Gasteiger partial charge in [-0.2, -0.15) is 0 Å². The molecule has 21 heavy (non-hydrogen) atoms. The zero-order chi connectivity index (χ0) is 15.2. The largest absolute Gasteiger partial charge is 0.330 e. The average Bonchev–Trinajstić information content (AvgIpc) is 2.81. The zero-order valence-corrected chi connectivity index (χ0v) is 13.7. The third-order valence-corrected chi connectivity index (χ3v) is 4.36. The molecule has 1 heterocycles. The quantitative estimate of drug-likeness (QED) is 0.795. The Morgan fingerprint density at radius 3 is 2.71 bits per heavy atom. The van der Waals surface area contributed by atoms with Gasteiger partial charge < -0.3 is 10.3 Å². The minimum absolute atomic E-state index is 0.728. The maximum atomic E-state index is 5.71. The maximum absolute atomic E-state index is 5.71. The molecule has 1 aromatic carbocycles. The number of aromatic nitrogens is 2. The van der Waals surface area contributed by atoms with E-state index in [1.807, 2.05) is 0 Å². The highest BCUT2D eigenvalue weighted by atomic mass is 15.1. The number of nitrogens with two attached hydrogens (primary N) is 1. The van der Waals surface area contributed by atoms with Gasteiger partial charge in [0.1, 0.15) is 5.82 Å². The minimum Gasteiger partial charge on any atom is -0.330 e. The van der Waals surface area contributed by atoms with Crippen molar-refractivity contribution in [3.63, 3.8) is 0 Å². The topological polar surface area (TPSA) is 43.8 Å².